The Morgan fingerprint density at radius 1 is 1.40 bits per heavy atom. The molecule has 0 amide bonds. The van der Waals surface area contributed by atoms with E-state index in [0.717, 1.165) is 5.56 Å². The number of hydrogen-bond acceptors (Lipinski definition) is 2. The van der Waals surface area contributed by atoms with E-state index in [9.17, 15) is 8.42 Å². The maximum Gasteiger partial charge on any atom is 0.295 e. The third kappa shape index (κ3) is 2.78. The van der Waals surface area contributed by atoms with E-state index in [1.165, 1.54) is 12.2 Å². The van der Waals surface area contributed by atoms with Crippen LogP contribution in [0.3, 0.4) is 0 Å². The van der Waals surface area contributed by atoms with Crippen LogP contribution in [0.15, 0.2) is 43.0 Å². The van der Waals surface area contributed by atoms with Crippen LogP contribution in [0.4, 0.5) is 0 Å². The van der Waals surface area contributed by atoms with Crippen molar-refractivity contribution in [2.75, 3.05) is 0 Å². The number of allylic oxidation sites excluding steroid dienone is 2. The van der Waals surface area contributed by atoms with Gasteiger partial charge in [0.1, 0.15) is 4.91 Å². The molecule has 0 atom stereocenters. The molecule has 4 heteroatoms. The number of aryl methyl sites for hydroxylation is 1. The summed E-state index contributed by atoms with van der Waals surface area (Å²) >= 11 is 0. The predicted molar refractivity (Wildman–Crippen MR) is 60.9 cm³/mol. The Kier molecular flexibility index (Phi) is 3.44. The van der Waals surface area contributed by atoms with Crippen molar-refractivity contribution in [3.8, 4) is 0 Å². The van der Waals surface area contributed by atoms with Crippen molar-refractivity contribution < 1.29 is 13.0 Å². The van der Waals surface area contributed by atoms with E-state index >= 15 is 0 Å². The van der Waals surface area contributed by atoms with Crippen molar-refractivity contribution in [1.82, 2.24) is 0 Å². The first-order chi connectivity index (χ1) is 6.96. The van der Waals surface area contributed by atoms with Crippen LogP contribution in [0.2, 0.25) is 0 Å². The molecule has 0 aliphatic rings. The second-order valence-electron chi connectivity index (χ2n) is 3.06. The molecule has 0 aromatic heterocycles. The minimum Gasteiger partial charge on any atom is -0.282 e. The molecule has 80 valence electrons. The van der Waals surface area contributed by atoms with Crippen LogP contribution in [0.25, 0.3) is 4.91 Å². The SMILES string of the molecule is C=C/C=C(\c1ccccc1C)S(=O)(=O)O. The van der Waals surface area contributed by atoms with Gasteiger partial charge >= 0.3 is 0 Å². The Balaban J connectivity index is 3.43. The predicted octanol–water partition coefficient (Wildman–Crippen LogP) is 2.41. The Morgan fingerprint density at radius 3 is 2.47 bits per heavy atom. The van der Waals surface area contributed by atoms with Gasteiger partial charge in [0, 0.05) is 0 Å². The maximum atomic E-state index is 11.1. The minimum absolute atomic E-state index is 0.129. The second-order valence-corrected chi connectivity index (χ2v) is 4.45. The van der Waals surface area contributed by atoms with Gasteiger partial charge in [-0.2, -0.15) is 8.42 Å². The molecule has 0 unspecified atom stereocenters. The van der Waals surface area contributed by atoms with Gasteiger partial charge in [-0.15, -0.1) is 0 Å². The third-order valence-electron chi connectivity index (χ3n) is 1.96. The van der Waals surface area contributed by atoms with E-state index < -0.39 is 10.1 Å². The molecule has 15 heavy (non-hydrogen) atoms. The normalized spacial score (nSPS) is 12.5. The van der Waals surface area contributed by atoms with Crippen LogP contribution in [-0.2, 0) is 10.1 Å². The van der Waals surface area contributed by atoms with Crippen LogP contribution in [0.5, 0.6) is 0 Å². The molecule has 0 spiro atoms. The van der Waals surface area contributed by atoms with E-state index in [-0.39, 0.29) is 4.91 Å². The Labute approximate surface area is 89.5 Å². The molecule has 0 aliphatic heterocycles. The largest absolute Gasteiger partial charge is 0.295 e. The van der Waals surface area contributed by atoms with Crippen molar-refractivity contribution in [2.24, 2.45) is 0 Å². The summed E-state index contributed by atoms with van der Waals surface area (Å²) in [7, 11) is -4.21. The standard InChI is InChI=1S/C11H12O3S/c1-3-6-11(15(12,13)14)10-8-5-4-7-9(10)2/h3-8H,1H2,2H3,(H,12,13,14)/b11-6+. The van der Waals surface area contributed by atoms with E-state index in [1.807, 2.05) is 0 Å². The summed E-state index contributed by atoms with van der Waals surface area (Å²) in [6.07, 6.45) is 2.60. The summed E-state index contributed by atoms with van der Waals surface area (Å²) in [6.45, 7) is 5.19. The zero-order valence-electron chi connectivity index (χ0n) is 8.34. The van der Waals surface area contributed by atoms with Gasteiger partial charge in [-0.1, -0.05) is 36.9 Å². The summed E-state index contributed by atoms with van der Waals surface area (Å²) in [5, 5.41) is 0. The first kappa shape index (κ1) is 11.7. The van der Waals surface area contributed by atoms with Gasteiger partial charge in [-0.05, 0) is 24.1 Å². The lowest BCUT2D eigenvalue weighted by molar-refractivity contribution is 0.496. The fourth-order valence-corrected chi connectivity index (χ4v) is 2.05. The van der Waals surface area contributed by atoms with Crippen molar-refractivity contribution in [3.05, 3.63) is 54.1 Å². The monoisotopic (exact) mass is 224 g/mol. The first-order valence-corrected chi connectivity index (χ1v) is 5.77. The lowest BCUT2D eigenvalue weighted by Gasteiger charge is -2.06. The molecule has 1 N–H and O–H groups in total. The zero-order valence-corrected chi connectivity index (χ0v) is 9.16. The lowest BCUT2D eigenvalue weighted by Crippen LogP contribution is -2.02. The van der Waals surface area contributed by atoms with E-state index in [2.05, 4.69) is 6.58 Å². The molecule has 0 aliphatic carbocycles. The quantitative estimate of drug-likeness (QED) is 0.633. The van der Waals surface area contributed by atoms with Crippen molar-refractivity contribution in [3.63, 3.8) is 0 Å². The summed E-state index contributed by atoms with van der Waals surface area (Å²) < 4.78 is 31.3. The molecular formula is C11H12O3S. The highest BCUT2D eigenvalue weighted by molar-refractivity contribution is 7.95. The van der Waals surface area contributed by atoms with Crippen LogP contribution < -0.4 is 0 Å². The van der Waals surface area contributed by atoms with Gasteiger partial charge < -0.3 is 0 Å². The van der Waals surface area contributed by atoms with Crippen molar-refractivity contribution in [1.29, 1.82) is 0 Å². The van der Waals surface area contributed by atoms with Gasteiger partial charge in [-0.3, -0.25) is 4.55 Å². The Bertz CT molecular complexity index is 498. The first-order valence-electron chi connectivity index (χ1n) is 4.33. The van der Waals surface area contributed by atoms with E-state index in [1.54, 1.807) is 31.2 Å². The Morgan fingerprint density at radius 2 is 2.00 bits per heavy atom. The average molecular weight is 224 g/mol. The van der Waals surface area contributed by atoms with Crippen molar-refractivity contribution >= 4 is 15.0 Å². The minimum atomic E-state index is -4.21. The summed E-state index contributed by atoms with van der Waals surface area (Å²) in [6, 6.07) is 6.93. The highest BCUT2D eigenvalue weighted by Crippen LogP contribution is 2.23. The number of hydrogen-bond donors (Lipinski definition) is 1. The molecule has 1 aromatic rings. The molecule has 0 bridgehead atoms. The van der Waals surface area contributed by atoms with Gasteiger partial charge in [0.2, 0.25) is 0 Å². The van der Waals surface area contributed by atoms with Gasteiger partial charge in [0.05, 0.1) is 0 Å². The molecule has 0 heterocycles. The second kappa shape index (κ2) is 4.42. The van der Waals surface area contributed by atoms with Crippen LogP contribution in [0.1, 0.15) is 11.1 Å². The summed E-state index contributed by atoms with van der Waals surface area (Å²) in [5.41, 5.74) is 1.27. The van der Waals surface area contributed by atoms with Gasteiger partial charge in [-0.25, -0.2) is 0 Å². The van der Waals surface area contributed by atoms with E-state index in [4.69, 9.17) is 4.55 Å². The molecule has 1 aromatic carbocycles. The van der Waals surface area contributed by atoms with E-state index in [0.29, 0.717) is 5.56 Å². The number of rotatable bonds is 3. The maximum absolute atomic E-state index is 11.1. The van der Waals surface area contributed by atoms with Gasteiger partial charge in [0.25, 0.3) is 10.1 Å². The van der Waals surface area contributed by atoms with Crippen molar-refractivity contribution in [2.45, 2.75) is 6.92 Å². The summed E-state index contributed by atoms with van der Waals surface area (Å²) in [5.74, 6) is 0. The molecule has 1 rings (SSSR count). The fraction of sp³-hybridized carbons (Fsp3) is 0.0909. The molecule has 0 radical (unpaired) electrons. The average Bonchev–Trinajstić information content (AvgIpc) is 2.14. The smallest absolute Gasteiger partial charge is 0.282 e. The van der Waals surface area contributed by atoms with Crippen LogP contribution >= 0.6 is 0 Å². The zero-order chi connectivity index (χ0) is 11.5. The summed E-state index contributed by atoms with van der Waals surface area (Å²) in [4.78, 5) is -0.129. The third-order valence-corrected chi connectivity index (χ3v) is 2.87. The highest BCUT2D eigenvalue weighted by atomic mass is 32.2. The highest BCUT2D eigenvalue weighted by Gasteiger charge is 2.16. The Hall–Kier alpha value is -1.39. The lowest BCUT2D eigenvalue weighted by atomic mass is 10.1. The van der Waals surface area contributed by atoms with Crippen LogP contribution in [-0.4, -0.2) is 13.0 Å². The molecule has 0 fully saturated rings. The topological polar surface area (TPSA) is 54.4 Å². The molecular weight excluding hydrogens is 212 g/mol. The molecule has 3 nitrogen and oxygen atoms in total. The fourth-order valence-electron chi connectivity index (χ4n) is 1.27. The number of benzene rings is 1. The van der Waals surface area contributed by atoms with Gasteiger partial charge in [0.15, 0.2) is 0 Å². The molecule has 0 saturated heterocycles. The van der Waals surface area contributed by atoms with Crippen LogP contribution in [0, 0.1) is 6.92 Å². The molecule has 0 saturated carbocycles.